The van der Waals surface area contributed by atoms with Crippen LogP contribution in [0.25, 0.3) is 10.8 Å². The van der Waals surface area contributed by atoms with Gasteiger partial charge in [-0.3, -0.25) is 0 Å². The molecule has 0 aromatic heterocycles. The van der Waals surface area contributed by atoms with Crippen molar-refractivity contribution in [3.8, 4) is 0 Å². The zero-order chi connectivity index (χ0) is 16.1. The van der Waals surface area contributed by atoms with Crippen molar-refractivity contribution in [2.24, 2.45) is 0 Å². The lowest BCUT2D eigenvalue weighted by Gasteiger charge is -2.30. The number of rotatable bonds is 1. The Labute approximate surface area is 143 Å². The van der Waals surface area contributed by atoms with Crippen molar-refractivity contribution in [2.75, 3.05) is 23.3 Å². The third-order valence-electron chi connectivity index (χ3n) is 6.06. The summed E-state index contributed by atoms with van der Waals surface area (Å²) < 4.78 is 0. The molecule has 3 aromatic rings. The fraction of sp³-hybridized carbons (Fsp3) is 0.273. The molecule has 120 valence electrons. The highest BCUT2D eigenvalue weighted by molar-refractivity contribution is 5.86. The van der Waals surface area contributed by atoms with Crippen LogP contribution < -0.4 is 10.2 Å². The maximum absolute atomic E-state index is 3.71. The van der Waals surface area contributed by atoms with E-state index in [-0.39, 0.29) is 5.41 Å². The SMILES string of the molecule is CC1Nc2ccccc2[C@@]12CCN(c1ccc3ccccc3c1)C2. The number of nitrogens with zero attached hydrogens (tertiary/aromatic N) is 1. The van der Waals surface area contributed by atoms with Gasteiger partial charge in [-0.2, -0.15) is 0 Å². The minimum absolute atomic E-state index is 0.238. The predicted octanol–water partition coefficient (Wildman–Crippen LogP) is 4.80. The number of fused-ring (bicyclic) bond motifs is 3. The van der Waals surface area contributed by atoms with Gasteiger partial charge < -0.3 is 10.2 Å². The molecule has 2 heteroatoms. The molecule has 5 rings (SSSR count). The van der Waals surface area contributed by atoms with Gasteiger partial charge in [0, 0.05) is 35.9 Å². The zero-order valence-corrected chi connectivity index (χ0v) is 14.0. The molecule has 1 saturated heterocycles. The van der Waals surface area contributed by atoms with Gasteiger partial charge in [0.15, 0.2) is 0 Å². The molecule has 2 aliphatic heterocycles. The summed E-state index contributed by atoms with van der Waals surface area (Å²) in [6.07, 6.45) is 1.21. The average molecular weight is 314 g/mol. The van der Waals surface area contributed by atoms with Crippen LogP contribution in [0.4, 0.5) is 11.4 Å². The third-order valence-corrected chi connectivity index (χ3v) is 6.06. The van der Waals surface area contributed by atoms with Crippen molar-refractivity contribution in [2.45, 2.75) is 24.8 Å². The van der Waals surface area contributed by atoms with Crippen LogP contribution in [0.15, 0.2) is 66.7 Å². The standard InChI is InChI=1S/C22H22N2/c1-16-22(20-8-4-5-9-21(20)23-16)12-13-24(15-22)19-11-10-17-6-2-3-7-18(17)14-19/h2-11,14,16,23H,12-13,15H2,1H3/t16?,22-/m1/s1. The Morgan fingerprint density at radius 3 is 2.67 bits per heavy atom. The fourth-order valence-electron chi connectivity index (χ4n) is 4.65. The molecule has 1 unspecified atom stereocenters. The Morgan fingerprint density at radius 2 is 1.75 bits per heavy atom. The summed E-state index contributed by atoms with van der Waals surface area (Å²) >= 11 is 0. The average Bonchev–Trinajstić information content (AvgIpc) is 3.19. The molecular formula is C22H22N2. The van der Waals surface area contributed by atoms with Gasteiger partial charge in [0.2, 0.25) is 0 Å². The maximum Gasteiger partial charge on any atom is 0.0382 e. The van der Waals surface area contributed by atoms with Crippen molar-refractivity contribution in [3.05, 3.63) is 72.3 Å². The van der Waals surface area contributed by atoms with E-state index in [1.165, 1.54) is 34.1 Å². The lowest BCUT2D eigenvalue weighted by molar-refractivity contribution is 0.443. The van der Waals surface area contributed by atoms with E-state index in [4.69, 9.17) is 0 Å². The fourth-order valence-corrected chi connectivity index (χ4v) is 4.65. The number of hydrogen-bond donors (Lipinski definition) is 1. The second kappa shape index (κ2) is 5.01. The second-order valence-corrected chi connectivity index (χ2v) is 7.27. The minimum Gasteiger partial charge on any atom is -0.381 e. The molecule has 3 aromatic carbocycles. The number of hydrogen-bond acceptors (Lipinski definition) is 2. The van der Waals surface area contributed by atoms with E-state index >= 15 is 0 Å². The first kappa shape index (κ1) is 13.9. The first-order valence-electron chi connectivity index (χ1n) is 8.86. The molecule has 2 atom stereocenters. The van der Waals surface area contributed by atoms with Crippen LogP contribution in [0.3, 0.4) is 0 Å². The van der Waals surface area contributed by atoms with E-state index in [0.717, 1.165) is 13.1 Å². The Balaban J connectivity index is 1.52. The van der Waals surface area contributed by atoms with E-state index in [0.29, 0.717) is 6.04 Å². The van der Waals surface area contributed by atoms with Gasteiger partial charge >= 0.3 is 0 Å². The number of nitrogens with one attached hydrogen (secondary N) is 1. The van der Waals surface area contributed by atoms with Gasteiger partial charge in [0.05, 0.1) is 0 Å². The largest absolute Gasteiger partial charge is 0.381 e. The molecule has 1 N–H and O–H groups in total. The van der Waals surface area contributed by atoms with E-state index in [2.05, 4.69) is 83.9 Å². The minimum atomic E-state index is 0.238. The topological polar surface area (TPSA) is 15.3 Å². The maximum atomic E-state index is 3.71. The second-order valence-electron chi connectivity index (χ2n) is 7.27. The van der Waals surface area contributed by atoms with Crippen molar-refractivity contribution in [3.63, 3.8) is 0 Å². The van der Waals surface area contributed by atoms with E-state index in [1.807, 2.05) is 0 Å². The van der Waals surface area contributed by atoms with Crippen LogP contribution in [-0.2, 0) is 5.41 Å². The predicted molar refractivity (Wildman–Crippen MR) is 102 cm³/mol. The third kappa shape index (κ3) is 1.89. The number of anilines is 2. The van der Waals surface area contributed by atoms with Gasteiger partial charge in [0.25, 0.3) is 0 Å². The van der Waals surface area contributed by atoms with Gasteiger partial charge in [-0.15, -0.1) is 0 Å². The molecule has 0 saturated carbocycles. The molecule has 1 spiro atoms. The highest BCUT2D eigenvalue weighted by Gasteiger charge is 2.48. The summed E-state index contributed by atoms with van der Waals surface area (Å²) in [4.78, 5) is 2.56. The summed E-state index contributed by atoms with van der Waals surface area (Å²) in [5.41, 5.74) is 4.41. The van der Waals surface area contributed by atoms with Gasteiger partial charge in [-0.1, -0.05) is 48.5 Å². The highest BCUT2D eigenvalue weighted by atomic mass is 15.2. The monoisotopic (exact) mass is 314 g/mol. The van der Waals surface area contributed by atoms with Crippen molar-refractivity contribution < 1.29 is 0 Å². The molecule has 0 aliphatic carbocycles. The normalized spacial score (nSPS) is 25.2. The molecule has 2 nitrogen and oxygen atoms in total. The smallest absolute Gasteiger partial charge is 0.0382 e. The van der Waals surface area contributed by atoms with Crippen molar-refractivity contribution in [1.82, 2.24) is 0 Å². The van der Waals surface area contributed by atoms with Crippen LogP contribution in [0, 0.1) is 0 Å². The first-order valence-corrected chi connectivity index (χ1v) is 8.86. The van der Waals surface area contributed by atoms with E-state index in [1.54, 1.807) is 0 Å². The molecule has 0 amide bonds. The molecule has 2 aliphatic rings. The molecule has 2 heterocycles. The van der Waals surface area contributed by atoms with Crippen molar-refractivity contribution in [1.29, 1.82) is 0 Å². The summed E-state index contributed by atoms with van der Waals surface area (Å²) in [7, 11) is 0. The van der Waals surface area contributed by atoms with Crippen LogP contribution in [-0.4, -0.2) is 19.1 Å². The Hall–Kier alpha value is -2.48. The summed E-state index contributed by atoms with van der Waals surface area (Å²) in [5, 5.41) is 6.35. The zero-order valence-electron chi connectivity index (χ0n) is 14.0. The molecular weight excluding hydrogens is 292 g/mol. The van der Waals surface area contributed by atoms with E-state index in [9.17, 15) is 0 Å². The van der Waals surface area contributed by atoms with Gasteiger partial charge in [-0.25, -0.2) is 0 Å². The Morgan fingerprint density at radius 1 is 0.958 bits per heavy atom. The Kier molecular flexibility index (Phi) is 2.90. The van der Waals surface area contributed by atoms with Crippen LogP contribution in [0.1, 0.15) is 18.9 Å². The quantitative estimate of drug-likeness (QED) is 0.694. The van der Waals surface area contributed by atoms with Crippen molar-refractivity contribution >= 4 is 22.1 Å². The summed E-state index contributed by atoms with van der Waals surface area (Å²) in [5.74, 6) is 0. The molecule has 0 radical (unpaired) electrons. The van der Waals surface area contributed by atoms with Crippen LogP contribution in [0.5, 0.6) is 0 Å². The van der Waals surface area contributed by atoms with Gasteiger partial charge in [-0.05, 0) is 47.9 Å². The molecule has 0 bridgehead atoms. The van der Waals surface area contributed by atoms with Gasteiger partial charge in [0.1, 0.15) is 0 Å². The van der Waals surface area contributed by atoms with Crippen LogP contribution >= 0.6 is 0 Å². The number of benzene rings is 3. The van der Waals surface area contributed by atoms with E-state index < -0.39 is 0 Å². The summed E-state index contributed by atoms with van der Waals surface area (Å²) in [6, 6.07) is 24.8. The molecule has 24 heavy (non-hydrogen) atoms. The first-order chi connectivity index (χ1) is 11.8. The number of para-hydroxylation sites is 1. The molecule has 1 fully saturated rings. The lowest BCUT2D eigenvalue weighted by atomic mass is 9.76. The Bertz CT molecular complexity index is 916. The summed E-state index contributed by atoms with van der Waals surface area (Å²) in [6.45, 7) is 4.55. The van der Waals surface area contributed by atoms with Crippen LogP contribution in [0.2, 0.25) is 0 Å². The highest BCUT2D eigenvalue weighted by Crippen LogP contribution is 2.47. The lowest BCUT2D eigenvalue weighted by Crippen LogP contribution is -2.39.